The molecule has 0 radical (unpaired) electrons. The first-order valence-corrected chi connectivity index (χ1v) is 6.53. The van der Waals surface area contributed by atoms with Gasteiger partial charge >= 0.3 is 0 Å². The zero-order valence-corrected chi connectivity index (χ0v) is 9.96. The molecule has 0 saturated heterocycles. The van der Waals surface area contributed by atoms with Crippen LogP contribution in [-0.4, -0.2) is 4.98 Å². The first-order valence-electron chi connectivity index (χ1n) is 5.41. The van der Waals surface area contributed by atoms with Crippen LogP contribution in [0.1, 0.15) is 49.3 Å². The summed E-state index contributed by atoms with van der Waals surface area (Å²) >= 11 is 3.44. The number of hydrogen-bond donors (Lipinski definition) is 0. The Morgan fingerprint density at radius 2 is 2.00 bits per heavy atom. The van der Waals surface area contributed by atoms with Crippen molar-refractivity contribution in [3.05, 3.63) is 29.6 Å². The van der Waals surface area contributed by atoms with Crippen LogP contribution in [0.25, 0.3) is 0 Å². The van der Waals surface area contributed by atoms with E-state index in [9.17, 15) is 0 Å². The molecular formula is C12H16BrN. The summed E-state index contributed by atoms with van der Waals surface area (Å²) < 4.78 is 0. The Kier molecular flexibility index (Phi) is 3.57. The van der Waals surface area contributed by atoms with Crippen LogP contribution >= 0.6 is 15.9 Å². The summed E-state index contributed by atoms with van der Waals surface area (Å²) in [5.41, 5.74) is 2.57. The quantitative estimate of drug-likeness (QED) is 0.726. The van der Waals surface area contributed by atoms with Crippen molar-refractivity contribution in [1.82, 2.24) is 4.98 Å². The van der Waals surface area contributed by atoms with Crippen LogP contribution in [0.15, 0.2) is 18.3 Å². The number of rotatable bonds is 2. The van der Waals surface area contributed by atoms with Crippen LogP contribution in [0.4, 0.5) is 0 Å². The van der Waals surface area contributed by atoms with Crippen LogP contribution in [0.5, 0.6) is 0 Å². The second kappa shape index (κ2) is 4.92. The van der Waals surface area contributed by atoms with Gasteiger partial charge in [-0.2, -0.15) is 0 Å². The minimum Gasteiger partial charge on any atom is -0.261 e. The maximum absolute atomic E-state index is 4.54. The molecular weight excluding hydrogens is 238 g/mol. The minimum atomic E-state index is 0.730. The lowest BCUT2D eigenvalue weighted by molar-refractivity contribution is 0.436. The second-order valence-electron chi connectivity index (χ2n) is 4.06. The molecule has 1 aromatic rings. The lowest BCUT2D eigenvalue weighted by Crippen LogP contribution is -2.06. The van der Waals surface area contributed by atoms with E-state index in [2.05, 4.69) is 33.0 Å². The normalized spacial score (nSPS) is 18.4. The monoisotopic (exact) mass is 253 g/mol. The van der Waals surface area contributed by atoms with E-state index in [0.717, 1.165) is 11.2 Å². The Morgan fingerprint density at radius 1 is 1.21 bits per heavy atom. The van der Waals surface area contributed by atoms with Gasteiger partial charge in [0.25, 0.3) is 0 Å². The molecule has 0 N–H and O–H groups in total. The molecule has 1 saturated carbocycles. The molecule has 0 aliphatic heterocycles. The van der Waals surface area contributed by atoms with Crippen LogP contribution in [-0.2, 0) is 5.33 Å². The number of aromatic nitrogens is 1. The molecule has 0 spiro atoms. The van der Waals surface area contributed by atoms with Gasteiger partial charge in [-0.05, 0) is 24.5 Å². The van der Waals surface area contributed by atoms with Crippen molar-refractivity contribution in [2.45, 2.75) is 43.4 Å². The van der Waals surface area contributed by atoms with E-state index >= 15 is 0 Å². The zero-order valence-electron chi connectivity index (χ0n) is 8.38. The van der Waals surface area contributed by atoms with Crippen LogP contribution in [0, 0.1) is 0 Å². The summed E-state index contributed by atoms with van der Waals surface area (Å²) in [6, 6.07) is 4.39. The Labute approximate surface area is 94.1 Å². The molecule has 0 bridgehead atoms. The second-order valence-corrected chi connectivity index (χ2v) is 4.62. The Morgan fingerprint density at radius 3 is 2.57 bits per heavy atom. The standard InChI is InChI=1S/C12H16BrN/c13-8-10-6-7-12(14-9-10)11-4-2-1-3-5-11/h6-7,9,11H,1-5,8H2. The molecule has 76 valence electrons. The molecule has 14 heavy (non-hydrogen) atoms. The molecule has 0 amide bonds. The lowest BCUT2D eigenvalue weighted by atomic mass is 9.86. The van der Waals surface area contributed by atoms with Gasteiger partial charge in [0.15, 0.2) is 0 Å². The molecule has 1 heterocycles. The fraction of sp³-hybridized carbons (Fsp3) is 0.583. The first kappa shape index (κ1) is 10.2. The fourth-order valence-electron chi connectivity index (χ4n) is 2.15. The van der Waals surface area contributed by atoms with Gasteiger partial charge in [0.2, 0.25) is 0 Å². The summed E-state index contributed by atoms with van der Waals surface area (Å²) in [6.07, 6.45) is 8.84. The van der Waals surface area contributed by atoms with E-state index < -0.39 is 0 Å². The molecule has 1 aliphatic carbocycles. The lowest BCUT2D eigenvalue weighted by Gasteiger charge is -2.20. The van der Waals surface area contributed by atoms with Crippen molar-refractivity contribution in [2.24, 2.45) is 0 Å². The third kappa shape index (κ3) is 2.35. The van der Waals surface area contributed by atoms with Crippen LogP contribution in [0.2, 0.25) is 0 Å². The van der Waals surface area contributed by atoms with E-state index in [0.29, 0.717) is 0 Å². The third-order valence-corrected chi connectivity index (χ3v) is 3.67. The van der Waals surface area contributed by atoms with Crippen molar-refractivity contribution in [2.75, 3.05) is 0 Å². The predicted molar refractivity (Wildman–Crippen MR) is 62.7 cm³/mol. The maximum atomic E-state index is 4.54. The van der Waals surface area contributed by atoms with E-state index in [1.807, 2.05) is 6.20 Å². The molecule has 2 rings (SSSR count). The highest BCUT2D eigenvalue weighted by Crippen LogP contribution is 2.31. The topological polar surface area (TPSA) is 12.9 Å². The van der Waals surface area contributed by atoms with Crippen molar-refractivity contribution in [1.29, 1.82) is 0 Å². The highest BCUT2D eigenvalue weighted by molar-refractivity contribution is 9.08. The highest BCUT2D eigenvalue weighted by atomic mass is 79.9. The van der Waals surface area contributed by atoms with Crippen molar-refractivity contribution >= 4 is 15.9 Å². The van der Waals surface area contributed by atoms with Crippen molar-refractivity contribution in [3.63, 3.8) is 0 Å². The van der Waals surface area contributed by atoms with Gasteiger partial charge in [0, 0.05) is 23.1 Å². The summed E-state index contributed by atoms with van der Waals surface area (Å²) in [4.78, 5) is 4.54. The number of hydrogen-bond acceptors (Lipinski definition) is 1. The number of alkyl halides is 1. The Hall–Kier alpha value is -0.370. The summed E-state index contributed by atoms with van der Waals surface area (Å²) in [5.74, 6) is 0.730. The van der Waals surface area contributed by atoms with E-state index in [-0.39, 0.29) is 0 Å². The van der Waals surface area contributed by atoms with Gasteiger partial charge in [-0.3, -0.25) is 4.98 Å². The van der Waals surface area contributed by atoms with Gasteiger partial charge in [-0.1, -0.05) is 41.3 Å². The molecule has 1 aliphatic rings. The first-order chi connectivity index (χ1) is 6.90. The molecule has 1 aromatic heterocycles. The average Bonchev–Trinajstić information content (AvgIpc) is 2.30. The van der Waals surface area contributed by atoms with E-state index in [1.54, 1.807) is 0 Å². The van der Waals surface area contributed by atoms with Crippen molar-refractivity contribution in [3.8, 4) is 0 Å². The predicted octanol–water partition coefficient (Wildman–Crippen LogP) is 4.02. The molecule has 2 heteroatoms. The van der Waals surface area contributed by atoms with Crippen molar-refractivity contribution < 1.29 is 0 Å². The van der Waals surface area contributed by atoms with Gasteiger partial charge in [0.05, 0.1) is 0 Å². The summed E-state index contributed by atoms with van der Waals surface area (Å²) in [7, 11) is 0. The molecule has 1 nitrogen and oxygen atoms in total. The van der Waals surface area contributed by atoms with Gasteiger partial charge in [-0.15, -0.1) is 0 Å². The average molecular weight is 254 g/mol. The molecule has 0 aromatic carbocycles. The van der Waals surface area contributed by atoms with Gasteiger partial charge < -0.3 is 0 Å². The Bertz CT molecular complexity index is 275. The largest absolute Gasteiger partial charge is 0.261 e. The molecule has 0 atom stereocenters. The highest BCUT2D eigenvalue weighted by Gasteiger charge is 2.16. The van der Waals surface area contributed by atoms with Gasteiger partial charge in [-0.25, -0.2) is 0 Å². The molecule has 0 unspecified atom stereocenters. The summed E-state index contributed by atoms with van der Waals surface area (Å²) in [6.45, 7) is 0. The van der Waals surface area contributed by atoms with Crippen LogP contribution < -0.4 is 0 Å². The molecule has 1 fully saturated rings. The SMILES string of the molecule is BrCc1ccc(C2CCCCC2)nc1. The number of nitrogens with zero attached hydrogens (tertiary/aromatic N) is 1. The maximum Gasteiger partial charge on any atom is 0.0434 e. The van der Waals surface area contributed by atoms with E-state index in [1.165, 1.54) is 43.4 Å². The third-order valence-electron chi connectivity index (χ3n) is 3.03. The summed E-state index contributed by atoms with van der Waals surface area (Å²) in [5, 5.41) is 0.908. The smallest absolute Gasteiger partial charge is 0.0434 e. The van der Waals surface area contributed by atoms with Crippen LogP contribution in [0.3, 0.4) is 0 Å². The fourth-order valence-corrected chi connectivity index (χ4v) is 2.49. The minimum absolute atomic E-state index is 0.730. The van der Waals surface area contributed by atoms with E-state index in [4.69, 9.17) is 0 Å². The Balaban J connectivity index is 2.07. The number of halogens is 1. The zero-order chi connectivity index (χ0) is 9.80. The number of pyridine rings is 1. The van der Waals surface area contributed by atoms with Gasteiger partial charge in [0.1, 0.15) is 0 Å².